The average molecular weight is 404 g/mol. The molecule has 0 bridgehead atoms. The molecule has 2 N–H and O–H groups in total. The van der Waals surface area contributed by atoms with Crippen LogP contribution in [0.25, 0.3) is 0 Å². The molecular weight excluding hydrogens is 376 g/mol. The van der Waals surface area contributed by atoms with Crippen LogP contribution in [-0.4, -0.2) is 57.5 Å². The summed E-state index contributed by atoms with van der Waals surface area (Å²) in [7, 11) is 6.28. The Balaban J connectivity index is 1.86. The highest BCUT2D eigenvalue weighted by Gasteiger charge is 2.50. The largest absolute Gasteiger partial charge is 0.493 e. The molecular formula is C22H28O7. The number of benzene rings is 2. The normalized spacial score (nSPS) is 23.7. The molecule has 2 aromatic rings. The van der Waals surface area contributed by atoms with E-state index in [0.717, 1.165) is 5.56 Å². The molecule has 7 heteroatoms. The summed E-state index contributed by atoms with van der Waals surface area (Å²) in [5, 5.41) is 21.4. The summed E-state index contributed by atoms with van der Waals surface area (Å²) in [6.07, 6.45) is -0.168. The van der Waals surface area contributed by atoms with E-state index in [-0.39, 0.29) is 5.92 Å². The molecule has 1 heterocycles. The monoisotopic (exact) mass is 404 g/mol. The van der Waals surface area contributed by atoms with Gasteiger partial charge < -0.3 is 33.9 Å². The highest BCUT2D eigenvalue weighted by Crippen LogP contribution is 2.45. The van der Waals surface area contributed by atoms with E-state index >= 15 is 0 Å². The molecule has 3 rings (SSSR count). The van der Waals surface area contributed by atoms with E-state index in [2.05, 4.69) is 0 Å². The van der Waals surface area contributed by atoms with Crippen molar-refractivity contribution < 1.29 is 33.9 Å². The average Bonchev–Trinajstić information content (AvgIpc) is 3.09. The molecule has 0 aliphatic carbocycles. The summed E-state index contributed by atoms with van der Waals surface area (Å²) < 4.78 is 27.2. The van der Waals surface area contributed by atoms with Gasteiger partial charge in [-0.3, -0.25) is 0 Å². The highest BCUT2D eigenvalue weighted by molar-refractivity contribution is 5.45. The van der Waals surface area contributed by atoms with Crippen LogP contribution in [0, 0.1) is 5.92 Å². The lowest BCUT2D eigenvalue weighted by molar-refractivity contribution is -0.0882. The number of methoxy groups -OCH3 is 4. The fraction of sp³-hybridized carbons (Fsp3) is 0.455. The second kappa shape index (κ2) is 8.90. The van der Waals surface area contributed by atoms with Gasteiger partial charge in [-0.25, -0.2) is 0 Å². The van der Waals surface area contributed by atoms with Gasteiger partial charge in [0.2, 0.25) is 0 Å². The van der Waals surface area contributed by atoms with E-state index in [9.17, 15) is 10.2 Å². The van der Waals surface area contributed by atoms with Gasteiger partial charge in [0.15, 0.2) is 23.0 Å². The predicted octanol–water partition coefficient (Wildman–Crippen LogP) is 2.37. The minimum Gasteiger partial charge on any atom is -0.493 e. The lowest BCUT2D eigenvalue weighted by Gasteiger charge is -2.32. The van der Waals surface area contributed by atoms with Crippen LogP contribution in [0.5, 0.6) is 23.0 Å². The molecule has 1 saturated heterocycles. The minimum atomic E-state index is -1.44. The first-order valence-electron chi connectivity index (χ1n) is 9.38. The number of aliphatic hydroxyl groups is 2. The van der Waals surface area contributed by atoms with Crippen molar-refractivity contribution in [1.82, 2.24) is 0 Å². The van der Waals surface area contributed by atoms with Crippen LogP contribution >= 0.6 is 0 Å². The van der Waals surface area contributed by atoms with E-state index in [1.807, 2.05) is 24.3 Å². The van der Waals surface area contributed by atoms with Gasteiger partial charge in [-0.1, -0.05) is 12.1 Å². The Morgan fingerprint density at radius 3 is 2.07 bits per heavy atom. The summed E-state index contributed by atoms with van der Waals surface area (Å²) in [6.45, 7) is -0.117. The Morgan fingerprint density at radius 1 is 0.897 bits per heavy atom. The van der Waals surface area contributed by atoms with Gasteiger partial charge in [-0.2, -0.15) is 0 Å². The Morgan fingerprint density at radius 2 is 1.48 bits per heavy atom. The van der Waals surface area contributed by atoms with E-state index < -0.39 is 18.3 Å². The summed E-state index contributed by atoms with van der Waals surface area (Å²) >= 11 is 0. The number of rotatable bonds is 8. The van der Waals surface area contributed by atoms with Gasteiger partial charge in [0.1, 0.15) is 11.7 Å². The first-order chi connectivity index (χ1) is 14.0. The molecule has 0 aromatic heterocycles. The maximum atomic E-state index is 11.3. The Kier molecular flexibility index (Phi) is 6.52. The lowest BCUT2D eigenvalue weighted by Crippen LogP contribution is -2.43. The van der Waals surface area contributed by atoms with Gasteiger partial charge in [-0.05, 0) is 41.8 Å². The molecule has 1 aliphatic heterocycles. The Hall–Kier alpha value is -2.48. The molecule has 158 valence electrons. The van der Waals surface area contributed by atoms with Gasteiger partial charge in [0.25, 0.3) is 0 Å². The van der Waals surface area contributed by atoms with Crippen LogP contribution in [0.2, 0.25) is 0 Å². The molecule has 1 fully saturated rings. The standard InChI is InChI=1S/C22H28O7/c1-25-17-7-5-14(10-19(17)27-3)9-16-12-29-21(22(16,24)13-23)15-6-8-18(26-2)20(11-15)28-4/h5-8,10-11,16,21,23-24H,9,12-13H2,1-4H3/t16-,21-,22+/m0/s1. The van der Waals surface area contributed by atoms with Crippen LogP contribution in [0.1, 0.15) is 17.2 Å². The summed E-state index contributed by atoms with van der Waals surface area (Å²) in [4.78, 5) is 0. The third-order valence-electron chi connectivity index (χ3n) is 5.52. The van der Waals surface area contributed by atoms with Gasteiger partial charge >= 0.3 is 0 Å². The molecule has 0 unspecified atom stereocenters. The highest BCUT2D eigenvalue weighted by atomic mass is 16.5. The van der Waals surface area contributed by atoms with Crippen molar-refractivity contribution in [3.05, 3.63) is 47.5 Å². The Bertz CT molecular complexity index is 838. The summed E-state index contributed by atoms with van der Waals surface area (Å²) in [5.74, 6) is 2.08. The second-order valence-electron chi connectivity index (χ2n) is 7.07. The molecule has 1 aliphatic rings. The van der Waals surface area contributed by atoms with Crippen LogP contribution in [0.4, 0.5) is 0 Å². The molecule has 2 aromatic carbocycles. The SMILES string of the molecule is COc1ccc(C[C@H]2CO[C@@H](c3ccc(OC)c(OC)c3)[C@@]2(O)CO)cc1OC. The number of hydrogen-bond acceptors (Lipinski definition) is 7. The summed E-state index contributed by atoms with van der Waals surface area (Å²) in [5.41, 5.74) is 0.234. The minimum absolute atomic E-state index is 0.302. The second-order valence-corrected chi connectivity index (χ2v) is 7.07. The van der Waals surface area contributed by atoms with Gasteiger partial charge in [0.05, 0.1) is 41.7 Å². The number of hydrogen-bond donors (Lipinski definition) is 2. The van der Waals surface area contributed by atoms with E-state index in [0.29, 0.717) is 41.6 Å². The smallest absolute Gasteiger partial charge is 0.161 e. The first kappa shape index (κ1) is 21.2. The van der Waals surface area contributed by atoms with Crippen LogP contribution in [0.15, 0.2) is 36.4 Å². The van der Waals surface area contributed by atoms with Crippen LogP contribution in [-0.2, 0) is 11.2 Å². The third kappa shape index (κ3) is 3.99. The maximum Gasteiger partial charge on any atom is 0.161 e. The van der Waals surface area contributed by atoms with Gasteiger partial charge in [0, 0.05) is 5.92 Å². The molecule has 7 nitrogen and oxygen atoms in total. The van der Waals surface area contributed by atoms with Crippen LogP contribution < -0.4 is 18.9 Å². The van der Waals surface area contributed by atoms with E-state index in [1.54, 1.807) is 40.6 Å². The predicted molar refractivity (Wildman–Crippen MR) is 107 cm³/mol. The molecule has 3 atom stereocenters. The maximum absolute atomic E-state index is 11.3. The quantitative estimate of drug-likeness (QED) is 0.699. The van der Waals surface area contributed by atoms with Crippen molar-refractivity contribution in [1.29, 1.82) is 0 Å². The van der Waals surface area contributed by atoms with Crippen molar-refractivity contribution in [2.75, 3.05) is 41.7 Å². The zero-order chi connectivity index (χ0) is 21.0. The fourth-order valence-corrected chi connectivity index (χ4v) is 3.86. The zero-order valence-corrected chi connectivity index (χ0v) is 17.2. The molecule has 0 radical (unpaired) electrons. The molecule has 0 spiro atoms. The van der Waals surface area contributed by atoms with Crippen molar-refractivity contribution >= 4 is 0 Å². The van der Waals surface area contributed by atoms with Crippen LogP contribution in [0.3, 0.4) is 0 Å². The van der Waals surface area contributed by atoms with Crippen molar-refractivity contribution in [2.24, 2.45) is 5.92 Å². The third-order valence-corrected chi connectivity index (χ3v) is 5.52. The first-order valence-corrected chi connectivity index (χ1v) is 9.38. The zero-order valence-electron chi connectivity index (χ0n) is 17.2. The molecule has 0 amide bonds. The van der Waals surface area contributed by atoms with Crippen molar-refractivity contribution in [2.45, 2.75) is 18.1 Å². The van der Waals surface area contributed by atoms with E-state index in [4.69, 9.17) is 23.7 Å². The molecule has 0 saturated carbocycles. The fourth-order valence-electron chi connectivity index (χ4n) is 3.86. The Labute approximate surface area is 170 Å². The molecule has 29 heavy (non-hydrogen) atoms. The van der Waals surface area contributed by atoms with Gasteiger partial charge in [-0.15, -0.1) is 0 Å². The van der Waals surface area contributed by atoms with Crippen molar-refractivity contribution in [3.8, 4) is 23.0 Å². The van der Waals surface area contributed by atoms with E-state index in [1.165, 1.54) is 0 Å². The number of aliphatic hydroxyl groups excluding tert-OH is 1. The number of ether oxygens (including phenoxy) is 5. The summed E-state index contributed by atoms with van der Waals surface area (Å²) in [6, 6.07) is 11.0. The van der Waals surface area contributed by atoms with Crippen molar-refractivity contribution in [3.63, 3.8) is 0 Å². The lowest BCUT2D eigenvalue weighted by atomic mass is 9.80. The topological polar surface area (TPSA) is 86.6 Å².